The van der Waals surface area contributed by atoms with Gasteiger partial charge < -0.3 is 15.0 Å². The second kappa shape index (κ2) is 5.95. The lowest BCUT2D eigenvalue weighted by atomic mass is 10.2. The third-order valence-electron chi connectivity index (χ3n) is 2.51. The zero-order valence-electron chi connectivity index (χ0n) is 10.1. The van der Waals surface area contributed by atoms with E-state index in [0.717, 1.165) is 31.2 Å². The smallest absolute Gasteiger partial charge is 0.120 e. The van der Waals surface area contributed by atoms with Crippen molar-refractivity contribution >= 4 is 11.3 Å². The van der Waals surface area contributed by atoms with Crippen LogP contribution < -0.4 is 5.32 Å². The number of hydrogen-bond acceptors (Lipinski definition) is 4. The van der Waals surface area contributed by atoms with Crippen molar-refractivity contribution in [3.8, 4) is 10.6 Å². The van der Waals surface area contributed by atoms with E-state index < -0.39 is 0 Å². The number of imidazole rings is 1. The lowest BCUT2D eigenvalue weighted by Crippen LogP contribution is -2.19. The van der Waals surface area contributed by atoms with E-state index >= 15 is 0 Å². The van der Waals surface area contributed by atoms with Crippen LogP contribution in [0, 0.1) is 6.92 Å². The lowest BCUT2D eigenvalue weighted by Gasteiger charge is -2.00. The number of nitrogens with zero attached hydrogens (tertiary/aromatic N) is 1. The number of thiophene rings is 1. The van der Waals surface area contributed by atoms with Gasteiger partial charge in [-0.3, -0.25) is 0 Å². The third-order valence-corrected chi connectivity index (χ3v) is 3.56. The van der Waals surface area contributed by atoms with Crippen LogP contribution in [0.2, 0.25) is 0 Å². The molecule has 0 fully saturated rings. The van der Waals surface area contributed by atoms with Gasteiger partial charge in [-0.15, -0.1) is 11.3 Å². The molecule has 0 unspecified atom stereocenters. The number of H-pyrrole nitrogens is 1. The van der Waals surface area contributed by atoms with Crippen molar-refractivity contribution in [3.63, 3.8) is 0 Å². The van der Waals surface area contributed by atoms with Gasteiger partial charge in [-0.2, -0.15) is 0 Å². The Morgan fingerprint density at radius 2 is 2.41 bits per heavy atom. The van der Waals surface area contributed by atoms with E-state index in [0.29, 0.717) is 0 Å². The van der Waals surface area contributed by atoms with Crippen LogP contribution in [0.4, 0.5) is 0 Å². The van der Waals surface area contributed by atoms with Crippen molar-refractivity contribution in [2.75, 3.05) is 20.3 Å². The molecular formula is C12H17N3OS. The molecule has 0 spiro atoms. The molecule has 2 heterocycles. The number of nitrogens with one attached hydrogen (secondary N) is 2. The number of hydrogen-bond donors (Lipinski definition) is 2. The van der Waals surface area contributed by atoms with Gasteiger partial charge in [0, 0.05) is 13.7 Å². The second-order valence-electron chi connectivity index (χ2n) is 3.85. The molecule has 2 aromatic heterocycles. The highest BCUT2D eigenvalue weighted by Crippen LogP contribution is 2.27. The number of methoxy groups -OCH3 is 1. The molecule has 0 aliphatic heterocycles. The normalized spacial score (nSPS) is 10.9. The number of rotatable bonds is 6. The largest absolute Gasteiger partial charge is 0.383 e. The Balaban J connectivity index is 1.95. The molecule has 2 rings (SSSR count). The summed E-state index contributed by atoms with van der Waals surface area (Å²) in [6, 6.07) is 2.12. The van der Waals surface area contributed by atoms with E-state index in [1.807, 2.05) is 6.20 Å². The molecule has 0 saturated carbocycles. The van der Waals surface area contributed by atoms with Crippen LogP contribution >= 0.6 is 11.3 Å². The molecule has 2 N–H and O–H groups in total. The molecule has 0 bridgehead atoms. The van der Waals surface area contributed by atoms with Crippen molar-refractivity contribution in [1.29, 1.82) is 0 Å². The van der Waals surface area contributed by atoms with Gasteiger partial charge in [-0.05, 0) is 23.9 Å². The van der Waals surface area contributed by atoms with Crippen molar-refractivity contribution in [3.05, 3.63) is 29.0 Å². The Morgan fingerprint density at radius 3 is 3.12 bits per heavy atom. The summed E-state index contributed by atoms with van der Waals surface area (Å²) in [5.74, 6) is 0.962. The van der Waals surface area contributed by atoms with Gasteiger partial charge in [0.25, 0.3) is 0 Å². The minimum absolute atomic E-state index is 0.720. The van der Waals surface area contributed by atoms with Crippen molar-refractivity contribution in [2.24, 2.45) is 0 Å². The lowest BCUT2D eigenvalue weighted by molar-refractivity contribution is 0.199. The molecule has 0 aliphatic carbocycles. The molecule has 4 nitrogen and oxygen atoms in total. The van der Waals surface area contributed by atoms with Crippen LogP contribution in [0.25, 0.3) is 10.6 Å². The third kappa shape index (κ3) is 3.15. The highest BCUT2D eigenvalue weighted by molar-refractivity contribution is 7.13. The first-order valence-corrected chi connectivity index (χ1v) is 6.47. The molecule has 0 saturated heterocycles. The number of aryl methyl sites for hydroxylation is 1. The zero-order chi connectivity index (χ0) is 12.1. The molecule has 17 heavy (non-hydrogen) atoms. The SMILES string of the molecule is COCCNCc1ncc(-c2sccc2C)[nH]1. The molecule has 0 radical (unpaired) electrons. The van der Waals surface area contributed by atoms with E-state index in [4.69, 9.17) is 4.74 Å². The molecule has 2 aromatic rings. The summed E-state index contributed by atoms with van der Waals surface area (Å²) in [6.45, 7) is 4.42. The van der Waals surface area contributed by atoms with E-state index in [9.17, 15) is 0 Å². The molecule has 92 valence electrons. The van der Waals surface area contributed by atoms with Gasteiger partial charge in [-0.1, -0.05) is 0 Å². The Hall–Kier alpha value is -1.17. The van der Waals surface area contributed by atoms with Crippen LogP contribution in [-0.4, -0.2) is 30.2 Å². The highest BCUT2D eigenvalue weighted by Gasteiger charge is 2.06. The topological polar surface area (TPSA) is 49.9 Å². The minimum Gasteiger partial charge on any atom is -0.383 e. The van der Waals surface area contributed by atoms with Crippen LogP contribution in [-0.2, 0) is 11.3 Å². The van der Waals surface area contributed by atoms with Crippen LogP contribution in [0.15, 0.2) is 17.6 Å². The van der Waals surface area contributed by atoms with Crippen LogP contribution in [0.3, 0.4) is 0 Å². The monoisotopic (exact) mass is 251 g/mol. The fourth-order valence-corrected chi connectivity index (χ4v) is 2.49. The fraction of sp³-hybridized carbons (Fsp3) is 0.417. The summed E-state index contributed by atoms with van der Waals surface area (Å²) in [5, 5.41) is 5.36. The van der Waals surface area contributed by atoms with Crippen LogP contribution in [0.5, 0.6) is 0 Å². The molecule has 0 atom stereocenters. The van der Waals surface area contributed by atoms with Crippen molar-refractivity contribution in [2.45, 2.75) is 13.5 Å². The quantitative estimate of drug-likeness (QED) is 0.774. The van der Waals surface area contributed by atoms with Gasteiger partial charge in [0.15, 0.2) is 0 Å². The van der Waals surface area contributed by atoms with Gasteiger partial charge in [0.05, 0.1) is 29.9 Å². The van der Waals surface area contributed by atoms with Gasteiger partial charge >= 0.3 is 0 Å². The van der Waals surface area contributed by atoms with Gasteiger partial charge in [0.2, 0.25) is 0 Å². The Kier molecular flexibility index (Phi) is 4.30. The van der Waals surface area contributed by atoms with Crippen molar-refractivity contribution < 1.29 is 4.74 Å². The Bertz CT molecular complexity index is 464. The second-order valence-corrected chi connectivity index (χ2v) is 4.76. The maximum atomic E-state index is 4.97. The summed E-state index contributed by atoms with van der Waals surface area (Å²) in [4.78, 5) is 8.95. The molecule has 5 heteroatoms. The minimum atomic E-state index is 0.720. The molecular weight excluding hydrogens is 234 g/mol. The maximum absolute atomic E-state index is 4.97. The Morgan fingerprint density at radius 1 is 1.53 bits per heavy atom. The fourth-order valence-electron chi connectivity index (χ4n) is 1.60. The highest BCUT2D eigenvalue weighted by atomic mass is 32.1. The standard InChI is InChI=1S/C12H17N3OS/c1-9-3-6-17-12(9)10-7-14-11(15-10)8-13-4-5-16-2/h3,6-7,13H,4-5,8H2,1-2H3,(H,14,15). The summed E-state index contributed by atoms with van der Waals surface area (Å²) in [7, 11) is 1.70. The maximum Gasteiger partial charge on any atom is 0.120 e. The first kappa shape index (κ1) is 12.3. The molecule has 0 amide bonds. The molecule has 0 aromatic carbocycles. The van der Waals surface area contributed by atoms with Crippen molar-refractivity contribution in [1.82, 2.24) is 15.3 Å². The predicted molar refractivity (Wildman–Crippen MR) is 70.2 cm³/mol. The van der Waals surface area contributed by atoms with Crippen LogP contribution in [0.1, 0.15) is 11.4 Å². The summed E-state index contributed by atoms with van der Waals surface area (Å²) in [5.41, 5.74) is 2.39. The number of ether oxygens (including phenoxy) is 1. The molecule has 0 aliphatic rings. The zero-order valence-corrected chi connectivity index (χ0v) is 10.9. The number of aromatic amines is 1. The van der Waals surface area contributed by atoms with E-state index in [-0.39, 0.29) is 0 Å². The summed E-state index contributed by atoms with van der Waals surface area (Å²) in [6.07, 6.45) is 1.90. The van der Waals surface area contributed by atoms with E-state index in [2.05, 4.69) is 33.7 Å². The predicted octanol–water partition coefficient (Wildman–Crippen LogP) is 2.18. The average molecular weight is 251 g/mol. The van der Waals surface area contributed by atoms with Gasteiger partial charge in [0.1, 0.15) is 5.82 Å². The summed E-state index contributed by atoms with van der Waals surface area (Å²) < 4.78 is 4.97. The first-order valence-electron chi connectivity index (χ1n) is 5.59. The Labute approximate surface area is 105 Å². The average Bonchev–Trinajstić information content (AvgIpc) is 2.93. The summed E-state index contributed by atoms with van der Waals surface area (Å²) >= 11 is 1.74. The van der Waals surface area contributed by atoms with E-state index in [1.54, 1.807) is 18.4 Å². The number of aromatic nitrogens is 2. The van der Waals surface area contributed by atoms with E-state index in [1.165, 1.54) is 10.4 Å². The first-order chi connectivity index (χ1) is 8.31. The van der Waals surface area contributed by atoms with Gasteiger partial charge in [-0.25, -0.2) is 4.98 Å².